The first kappa shape index (κ1) is 13.6. The third-order valence-electron chi connectivity index (χ3n) is 2.93. The fourth-order valence-corrected chi connectivity index (χ4v) is 2.08. The van der Waals surface area contributed by atoms with Gasteiger partial charge in [-0.1, -0.05) is 18.2 Å². The average Bonchev–Trinajstić information content (AvgIpc) is 2.38. The Morgan fingerprint density at radius 2 is 2.00 bits per heavy atom. The van der Waals surface area contributed by atoms with Crippen LogP contribution in [0.2, 0.25) is 0 Å². The number of ether oxygens (including phenoxy) is 3. The zero-order chi connectivity index (χ0) is 13.9. The predicted molar refractivity (Wildman–Crippen MR) is 71.7 cm³/mol. The summed E-state index contributed by atoms with van der Waals surface area (Å²) in [5.74, 6) is -0.811. The Balaban J connectivity index is 2.44. The summed E-state index contributed by atoms with van der Waals surface area (Å²) < 4.78 is 16.5. The number of rotatable bonds is 4. The molecule has 1 aliphatic heterocycles. The molecule has 0 N–H and O–H groups in total. The monoisotopic (exact) mass is 262 g/mol. The summed E-state index contributed by atoms with van der Waals surface area (Å²) in [5, 5.41) is 0. The van der Waals surface area contributed by atoms with Gasteiger partial charge in [-0.25, -0.2) is 4.79 Å². The van der Waals surface area contributed by atoms with E-state index in [0.717, 1.165) is 5.56 Å². The van der Waals surface area contributed by atoms with Gasteiger partial charge in [-0.2, -0.15) is 0 Å². The minimum Gasteiger partial charge on any atom is -0.462 e. The first-order chi connectivity index (χ1) is 9.10. The zero-order valence-corrected chi connectivity index (χ0v) is 11.4. The fraction of sp³-hybridized carbons (Fsp3) is 0.400. The number of benzene rings is 1. The van der Waals surface area contributed by atoms with Crippen molar-refractivity contribution < 1.29 is 19.0 Å². The number of carbonyl (C=O) groups is 1. The van der Waals surface area contributed by atoms with E-state index in [0.29, 0.717) is 24.5 Å². The van der Waals surface area contributed by atoms with Gasteiger partial charge >= 0.3 is 5.97 Å². The minimum atomic E-state index is -1.10. The van der Waals surface area contributed by atoms with E-state index in [1.165, 1.54) is 0 Å². The van der Waals surface area contributed by atoms with E-state index in [9.17, 15) is 4.79 Å². The maximum absolute atomic E-state index is 12.0. The van der Waals surface area contributed by atoms with E-state index in [1.54, 1.807) is 19.9 Å². The van der Waals surface area contributed by atoms with Gasteiger partial charge in [0.2, 0.25) is 5.79 Å². The highest BCUT2D eigenvalue weighted by molar-refractivity contribution is 5.96. The fourth-order valence-electron chi connectivity index (χ4n) is 2.08. The molecule has 0 aliphatic carbocycles. The molecule has 1 aromatic rings. The Morgan fingerprint density at radius 1 is 1.26 bits per heavy atom. The maximum Gasteiger partial charge on any atom is 0.340 e. The lowest BCUT2D eigenvalue weighted by atomic mass is 10.00. The molecule has 2 rings (SSSR count). The Bertz CT molecular complexity index is 507. The summed E-state index contributed by atoms with van der Waals surface area (Å²) in [6.07, 6.45) is 1.77. The van der Waals surface area contributed by atoms with Crippen LogP contribution in [0.1, 0.15) is 26.3 Å². The summed E-state index contributed by atoms with van der Waals surface area (Å²) in [6.45, 7) is 6.12. The summed E-state index contributed by atoms with van der Waals surface area (Å²) in [5.41, 5.74) is 1.23. The molecule has 102 valence electrons. The molecule has 0 saturated carbocycles. The molecule has 1 aliphatic rings. The number of esters is 1. The Labute approximate surface area is 113 Å². The van der Waals surface area contributed by atoms with Crippen LogP contribution in [0.4, 0.5) is 0 Å². The summed E-state index contributed by atoms with van der Waals surface area (Å²) in [7, 11) is 0. The van der Waals surface area contributed by atoms with E-state index < -0.39 is 11.8 Å². The van der Waals surface area contributed by atoms with Crippen LogP contribution in [-0.4, -0.2) is 25.0 Å². The van der Waals surface area contributed by atoms with Crippen molar-refractivity contribution in [2.24, 2.45) is 0 Å². The second-order valence-corrected chi connectivity index (χ2v) is 4.30. The number of carbonyl (C=O) groups excluding carboxylic acids is 1. The largest absolute Gasteiger partial charge is 0.462 e. The van der Waals surface area contributed by atoms with Gasteiger partial charge in [0, 0.05) is 19.1 Å². The van der Waals surface area contributed by atoms with Crippen LogP contribution >= 0.6 is 0 Å². The molecule has 4 heteroatoms. The molecular formula is C15H18O4. The van der Waals surface area contributed by atoms with E-state index in [2.05, 4.69) is 0 Å². The van der Waals surface area contributed by atoms with Gasteiger partial charge < -0.3 is 14.2 Å². The van der Waals surface area contributed by atoms with Crippen molar-refractivity contribution in [2.75, 3.05) is 13.2 Å². The SMILES string of the molecule is CCOC(=O)C1=Cc2ccccc2OC1(C)OCC. The minimum absolute atomic E-state index is 0.319. The summed E-state index contributed by atoms with van der Waals surface area (Å²) >= 11 is 0. The van der Waals surface area contributed by atoms with E-state index in [-0.39, 0.29) is 0 Å². The van der Waals surface area contributed by atoms with E-state index in [1.807, 2.05) is 31.2 Å². The van der Waals surface area contributed by atoms with Crippen molar-refractivity contribution in [3.63, 3.8) is 0 Å². The van der Waals surface area contributed by atoms with Crippen molar-refractivity contribution in [3.05, 3.63) is 35.4 Å². The van der Waals surface area contributed by atoms with Crippen molar-refractivity contribution in [2.45, 2.75) is 26.6 Å². The molecular weight excluding hydrogens is 244 g/mol. The van der Waals surface area contributed by atoms with Crippen molar-refractivity contribution in [1.29, 1.82) is 0 Å². The van der Waals surface area contributed by atoms with Crippen LogP contribution in [0.15, 0.2) is 29.8 Å². The van der Waals surface area contributed by atoms with E-state index >= 15 is 0 Å². The smallest absolute Gasteiger partial charge is 0.340 e. The summed E-state index contributed by atoms with van der Waals surface area (Å²) in [4.78, 5) is 12.0. The molecule has 1 atom stereocenters. The molecule has 0 spiro atoms. The van der Waals surface area contributed by atoms with Crippen LogP contribution in [-0.2, 0) is 14.3 Å². The van der Waals surface area contributed by atoms with Gasteiger partial charge in [-0.15, -0.1) is 0 Å². The highest BCUT2D eigenvalue weighted by Crippen LogP contribution is 2.36. The first-order valence-electron chi connectivity index (χ1n) is 6.42. The third-order valence-corrected chi connectivity index (χ3v) is 2.93. The lowest BCUT2D eigenvalue weighted by Gasteiger charge is -2.35. The van der Waals surface area contributed by atoms with Crippen LogP contribution in [0, 0.1) is 0 Å². The van der Waals surface area contributed by atoms with Crippen LogP contribution in [0.25, 0.3) is 6.08 Å². The molecule has 1 unspecified atom stereocenters. The Kier molecular flexibility index (Phi) is 3.90. The molecule has 0 fully saturated rings. The highest BCUT2D eigenvalue weighted by Gasteiger charge is 2.40. The van der Waals surface area contributed by atoms with Gasteiger partial charge in [-0.05, 0) is 26.0 Å². The van der Waals surface area contributed by atoms with Gasteiger partial charge in [0.15, 0.2) is 0 Å². The Hall–Kier alpha value is -1.81. The normalized spacial score (nSPS) is 21.1. The lowest BCUT2D eigenvalue weighted by molar-refractivity contribution is -0.161. The molecule has 1 aromatic carbocycles. The lowest BCUT2D eigenvalue weighted by Crippen LogP contribution is -2.43. The van der Waals surface area contributed by atoms with Gasteiger partial charge in [0.1, 0.15) is 11.3 Å². The molecule has 0 bridgehead atoms. The van der Waals surface area contributed by atoms with Gasteiger partial charge in [0.25, 0.3) is 0 Å². The molecule has 4 nitrogen and oxygen atoms in total. The van der Waals surface area contributed by atoms with Crippen LogP contribution < -0.4 is 4.74 Å². The average molecular weight is 262 g/mol. The molecule has 0 amide bonds. The van der Waals surface area contributed by atoms with Crippen molar-refractivity contribution in [1.82, 2.24) is 0 Å². The zero-order valence-electron chi connectivity index (χ0n) is 11.4. The predicted octanol–water partition coefficient (Wildman–Crippen LogP) is 2.78. The number of fused-ring (bicyclic) bond motifs is 1. The van der Waals surface area contributed by atoms with Gasteiger partial charge in [0.05, 0.1) is 6.61 Å². The number of hydrogen-bond acceptors (Lipinski definition) is 4. The van der Waals surface area contributed by atoms with Crippen molar-refractivity contribution in [3.8, 4) is 5.75 Å². The standard InChI is InChI=1S/C15H18O4/c1-4-17-14(16)12-10-11-8-6-7-9-13(11)19-15(12,3)18-5-2/h6-10H,4-5H2,1-3H3. The number of para-hydroxylation sites is 1. The second-order valence-electron chi connectivity index (χ2n) is 4.30. The molecule has 1 heterocycles. The highest BCUT2D eigenvalue weighted by atomic mass is 16.7. The van der Waals surface area contributed by atoms with E-state index in [4.69, 9.17) is 14.2 Å². The van der Waals surface area contributed by atoms with Crippen molar-refractivity contribution >= 4 is 12.0 Å². The maximum atomic E-state index is 12.0. The summed E-state index contributed by atoms with van der Waals surface area (Å²) in [6, 6.07) is 7.52. The topological polar surface area (TPSA) is 44.8 Å². The molecule has 19 heavy (non-hydrogen) atoms. The Morgan fingerprint density at radius 3 is 2.68 bits per heavy atom. The molecule has 0 aromatic heterocycles. The van der Waals surface area contributed by atoms with Gasteiger partial charge in [-0.3, -0.25) is 0 Å². The van der Waals surface area contributed by atoms with Crippen LogP contribution in [0.5, 0.6) is 5.75 Å². The van der Waals surface area contributed by atoms with Crippen LogP contribution in [0.3, 0.4) is 0 Å². The molecule has 0 radical (unpaired) electrons. The number of hydrogen-bond donors (Lipinski definition) is 0. The quantitative estimate of drug-likeness (QED) is 0.783. The third kappa shape index (κ3) is 2.63. The second kappa shape index (κ2) is 5.45. The first-order valence-corrected chi connectivity index (χ1v) is 6.42. The molecule has 0 saturated heterocycles.